The van der Waals surface area contributed by atoms with Gasteiger partial charge in [-0.3, -0.25) is 9.78 Å². The topological polar surface area (TPSA) is 59.2 Å². The maximum Gasteiger partial charge on any atom is 0.276 e. The van der Waals surface area contributed by atoms with Gasteiger partial charge in [-0.1, -0.05) is 35.5 Å². The van der Waals surface area contributed by atoms with Gasteiger partial charge in [0.15, 0.2) is 11.5 Å². The van der Waals surface area contributed by atoms with Gasteiger partial charge < -0.3 is 9.42 Å². The highest BCUT2D eigenvalue weighted by Crippen LogP contribution is 2.28. The predicted octanol–water partition coefficient (Wildman–Crippen LogP) is 2.98. The van der Waals surface area contributed by atoms with Crippen molar-refractivity contribution in [1.29, 1.82) is 0 Å². The lowest BCUT2D eigenvalue weighted by atomic mass is 9.91. The van der Waals surface area contributed by atoms with E-state index in [0.29, 0.717) is 17.4 Å². The number of pyridine rings is 1. The summed E-state index contributed by atoms with van der Waals surface area (Å²) in [7, 11) is 0. The fourth-order valence-corrected chi connectivity index (χ4v) is 2.77. The molecule has 114 valence electrons. The molecule has 1 fully saturated rings. The van der Waals surface area contributed by atoms with Gasteiger partial charge in [0.25, 0.3) is 5.91 Å². The number of benzene rings is 1. The van der Waals surface area contributed by atoms with Gasteiger partial charge in [-0.05, 0) is 17.7 Å². The molecule has 5 heteroatoms. The van der Waals surface area contributed by atoms with E-state index in [4.69, 9.17) is 4.52 Å². The van der Waals surface area contributed by atoms with Gasteiger partial charge in [-0.2, -0.15) is 0 Å². The molecule has 3 aromatic rings. The monoisotopic (exact) mass is 305 g/mol. The lowest BCUT2D eigenvalue weighted by Crippen LogP contribution is -2.48. The smallest absolute Gasteiger partial charge is 0.276 e. The van der Waals surface area contributed by atoms with Crippen LogP contribution in [-0.4, -0.2) is 34.0 Å². The number of hydrogen-bond donors (Lipinski definition) is 0. The lowest BCUT2D eigenvalue weighted by molar-refractivity contribution is 0.0591. The summed E-state index contributed by atoms with van der Waals surface area (Å²) in [5, 5.41) is 3.91. The molecule has 0 aliphatic carbocycles. The molecule has 2 aromatic heterocycles. The minimum absolute atomic E-state index is 0.0822. The molecule has 0 spiro atoms. The summed E-state index contributed by atoms with van der Waals surface area (Å²) < 4.78 is 5.28. The van der Waals surface area contributed by atoms with Crippen LogP contribution in [0.1, 0.15) is 22.0 Å². The average Bonchev–Trinajstić information content (AvgIpc) is 3.05. The number of rotatable bonds is 3. The van der Waals surface area contributed by atoms with Crippen LogP contribution in [0, 0.1) is 0 Å². The van der Waals surface area contributed by atoms with Crippen LogP contribution in [0.5, 0.6) is 0 Å². The predicted molar refractivity (Wildman–Crippen MR) is 84.8 cm³/mol. The van der Waals surface area contributed by atoms with Crippen molar-refractivity contribution < 1.29 is 9.32 Å². The molecular weight excluding hydrogens is 290 g/mol. The molecule has 0 unspecified atom stereocenters. The summed E-state index contributed by atoms with van der Waals surface area (Å²) in [6.07, 6.45) is 3.36. The number of amides is 1. The Kier molecular flexibility index (Phi) is 3.38. The van der Waals surface area contributed by atoms with Crippen molar-refractivity contribution in [3.63, 3.8) is 0 Å². The molecule has 0 saturated carbocycles. The fourth-order valence-electron chi connectivity index (χ4n) is 2.77. The van der Waals surface area contributed by atoms with Gasteiger partial charge in [-0.25, -0.2) is 0 Å². The number of nitrogens with zero attached hydrogens (tertiary/aromatic N) is 3. The fraction of sp³-hybridized carbons (Fsp3) is 0.167. The highest BCUT2D eigenvalue weighted by atomic mass is 16.5. The normalized spacial score (nSPS) is 14.5. The molecule has 23 heavy (non-hydrogen) atoms. The van der Waals surface area contributed by atoms with E-state index in [2.05, 4.69) is 22.3 Å². The van der Waals surface area contributed by atoms with Gasteiger partial charge in [0.05, 0.1) is 0 Å². The van der Waals surface area contributed by atoms with Crippen LogP contribution in [-0.2, 0) is 0 Å². The van der Waals surface area contributed by atoms with E-state index < -0.39 is 0 Å². The summed E-state index contributed by atoms with van der Waals surface area (Å²) in [5.74, 6) is 0.906. The van der Waals surface area contributed by atoms with Crippen molar-refractivity contribution in [2.24, 2.45) is 0 Å². The van der Waals surface area contributed by atoms with Crippen molar-refractivity contribution in [3.05, 3.63) is 72.2 Å². The molecule has 0 radical (unpaired) electrons. The standard InChI is InChI=1S/C18H15N3O2/c22-18(21-11-15(12-21)13-4-2-1-3-5-13)16-10-17(23-20-16)14-6-8-19-9-7-14/h1-10,15H,11-12H2. The third-order valence-electron chi connectivity index (χ3n) is 4.13. The van der Waals surface area contributed by atoms with E-state index in [0.717, 1.165) is 18.7 Å². The molecule has 1 aliphatic heterocycles. The van der Waals surface area contributed by atoms with Crippen molar-refractivity contribution in [1.82, 2.24) is 15.0 Å². The number of likely N-dealkylation sites (tertiary alicyclic amines) is 1. The Balaban J connectivity index is 1.44. The Morgan fingerprint density at radius 1 is 1.09 bits per heavy atom. The molecule has 0 atom stereocenters. The molecule has 1 amide bonds. The molecule has 1 saturated heterocycles. The van der Waals surface area contributed by atoms with E-state index in [1.807, 2.05) is 30.3 Å². The second-order valence-electron chi connectivity index (χ2n) is 5.63. The number of aromatic nitrogens is 2. The molecular formula is C18H15N3O2. The van der Waals surface area contributed by atoms with Crippen LogP contribution < -0.4 is 0 Å². The SMILES string of the molecule is O=C(c1cc(-c2ccncc2)on1)N1CC(c2ccccc2)C1. The number of hydrogen-bond acceptors (Lipinski definition) is 4. The molecule has 0 bridgehead atoms. The maximum atomic E-state index is 12.4. The molecule has 3 heterocycles. The van der Waals surface area contributed by atoms with Gasteiger partial charge >= 0.3 is 0 Å². The third-order valence-corrected chi connectivity index (χ3v) is 4.13. The summed E-state index contributed by atoms with van der Waals surface area (Å²) in [4.78, 5) is 18.2. The van der Waals surface area contributed by atoms with E-state index in [1.165, 1.54) is 5.56 Å². The molecule has 1 aromatic carbocycles. The van der Waals surface area contributed by atoms with Crippen LogP contribution in [0.4, 0.5) is 0 Å². The maximum absolute atomic E-state index is 12.4. The first kappa shape index (κ1) is 13.7. The number of carbonyl (C=O) groups excluding carboxylic acids is 1. The van der Waals surface area contributed by atoms with Gasteiger partial charge in [-0.15, -0.1) is 0 Å². The Labute approximate surface area is 133 Å². The molecule has 4 rings (SSSR count). The average molecular weight is 305 g/mol. The summed E-state index contributed by atoms with van der Waals surface area (Å²) in [5.41, 5.74) is 2.48. The van der Waals surface area contributed by atoms with Crippen LogP contribution >= 0.6 is 0 Å². The Morgan fingerprint density at radius 2 is 1.83 bits per heavy atom. The second kappa shape index (κ2) is 5.68. The Bertz CT molecular complexity index is 809. The second-order valence-corrected chi connectivity index (χ2v) is 5.63. The highest BCUT2D eigenvalue weighted by molar-refractivity contribution is 5.93. The highest BCUT2D eigenvalue weighted by Gasteiger charge is 2.33. The molecule has 5 nitrogen and oxygen atoms in total. The largest absolute Gasteiger partial charge is 0.355 e. The minimum Gasteiger partial charge on any atom is -0.355 e. The van der Waals surface area contributed by atoms with E-state index in [-0.39, 0.29) is 5.91 Å². The van der Waals surface area contributed by atoms with E-state index in [1.54, 1.807) is 23.4 Å². The third kappa shape index (κ3) is 2.61. The Hall–Kier alpha value is -2.95. The molecule has 1 aliphatic rings. The van der Waals surface area contributed by atoms with E-state index >= 15 is 0 Å². The summed E-state index contributed by atoms with van der Waals surface area (Å²) in [6.45, 7) is 1.45. The zero-order chi connectivity index (χ0) is 15.6. The Morgan fingerprint density at radius 3 is 2.57 bits per heavy atom. The summed E-state index contributed by atoms with van der Waals surface area (Å²) >= 11 is 0. The minimum atomic E-state index is -0.0822. The quantitative estimate of drug-likeness (QED) is 0.746. The van der Waals surface area contributed by atoms with Crippen molar-refractivity contribution in [2.75, 3.05) is 13.1 Å². The lowest BCUT2D eigenvalue weighted by Gasteiger charge is -2.39. The zero-order valence-electron chi connectivity index (χ0n) is 12.4. The van der Waals surface area contributed by atoms with Crippen LogP contribution in [0.2, 0.25) is 0 Å². The first-order valence-corrected chi connectivity index (χ1v) is 7.52. The van der Waals surface area contributed by atoms with Crippen molar-refractivity contribution in [2.45, 2.75) is 5.92 Å². The van der Waals surface area contributed by atoms with Gasteiger partial charge in [0, 0.05) is 43.0 Å². The van der Waals surface area contributed by atoms with Crippen LogP contribution in [0.25, 0.3) is 11.3 Å². The van der Waals surface area contributed by atoms with Crippen LogP contribution in [0.15, 0.2) is 65.4 Å². The van der Waals surface area contributed by atoms with Gasteiger partial charge in [0.2, 0.25) is 0 Å². The van der Waals surface area contributed by atoms with Crippen molar-refractivity contribution >= 4 is 5.91 Å². The number of carbonyl (C=O) groups is 1. The van der Waals surface area contributed by atoms with Gasteiger partial charge in [0.1, 0.15) is 0 Å². The van der Waals surface area contributed by atoms with Crippen LogP contribution in [0.3, 0.4) is 0 Å². The van der Waals surface area contributed by atoms with E-state index in [9.17, 15) is 4.79 Å². The first-order chi connectivity index (χ1) is 11.3. The summed E-state index contributed by atoms with van der Waals surface area (Å²) in [6, 6.07) is 15.6. The first-order valence-electron chi connectivity index (χ1n) is 7.52. The zero-order valence-corrected chi connectivity index (χ0v) is 12.4. The molecule has 0 N–H and O–H groups in total. The van der Waals surface area contributed by atoms with Crippen molar-refractivity contribution in [3.8, 4) is 11.3 Å².